The highest BCUT2D eigenvalue weighted by molar-refractivity contribution is 5.91. The summed E-state index contributed by atoms with van der Waals surface area (Å²) in [6.45, 7) is 12.6. The van der Waals surface area contributed by atoms with E-state index in [9.17, 15) is 13.6 Å². The lowest BCUT2D eigenvalue weighted by molar-refractivity contribution is -0.115. The zero-order valence-electron chi connectivity index (χ0n) is 19.7. The Bertz CT molecular complexity index is 948. The number of fused-ring (bicyclic) bond motifs is 1. The quantitative estimate of drug-likeness (QED) is 0.578. The molecule has 32 heavy (non-hydrogen) atoms. The van der Waals surface area contributed by atoms with Gasteiger partial charge in [0.15, 0.2) is 5.82 Å². The summed E-state index contributed by atoms with van der Waals surface area (Å²) in [5.74, 6) is -0.763. The second-order valence-corrected chi connectivity index (χ2v) is 10.5. The Hall–Kier alpha value is -2.32. The first-order valence-corrected chi connectivity index (χ1v) is 11.2. The van der Waals surface area contributed by atoms with Gasteiger partial charge in [0.2, 0.25) is 5.91 Å². The van der Waals surface area contributed by atoms with Crippen molar-refractivity contribution in [2.45, 2.75) is 65.5 Å². The molecule has 0 saturated heterocycles. The van der Waals surface area contributed by atoms with Crippen LogP contribution in [0.3, 0.4) is 0 Å². The number of carbonyl (C=O) groups is 1. The maximum Gasteiger partial charge on any atom is 0.239 e. The molecule has 0 radical (unpaired) electrons. The number of hydrogen-bond acceptors (Lipinski definition) is 4. The van der Waals surface area contributed by atoms with Crippen molar-refractivity contribution in [3.8, 4) is 0 Å². The fourth-order valence-electron chi connectivity index (χ4n) is 3.94. The van der Waals surface area contributed by atoms with Crippen molar-refractivity contribution in [3.05, 3.63) is 47.4 Å². The Kier molecular flexibility index (Phi) is 7.35. The minimum atomic E-state index is -0.542. The molecule has 1 aliphatic carbocycles. The van der Waals surface area contributed by atoms with Gasteiger partial charge in [-0.1, -0.05) is 20.8 Å². The van der Waals surface area contributed by atoms with Crippen LogP contribution in [0, 0.1) is 17.0 Å². The first kappa shape index (κ1) is 24.3. The first-order valence-electron chi connectivity index (χ1n) is 11.2. The Balaban J connectivity index is 1.48. The fraction of sp³-hybridized carbons (Fsp3) is 0.583. The summed E-state index contributed by atoms with van der Waals surface area (Å²) in [6, 6.07) is 2.29. The van der Waals surface area contributed by atoms with Gasteiger partial charge >= 0.3 is 0 Å². The van der Waals surface area contributed by atoms with Crippen LogP contribution in [0.5, 0.6) is 0 Å². The summed E-state index contributed by atoms with van der Waals surface area (Å²) >= 11 is 0. The lowest BCUT2D eigenvalue weighted by Crippen LogP contribution is -2.40. The van der Waals surface area contributed by atoms with Crippen LogP contribution in [-0.2, 0) is 23.2 Å². The first-order chi connectivity index (χ1) is 14.9. The third-order valence-electron chi connectivity index (χ3n) is 5.78. The van der Waals surface area contributed by atoms with Crippen LogP contribution < -0.4 is 16.0 Å². The molecule has 3 N–H and O–H groups in total. The molecule has 0 aliphatic heterocycles. The summed E-state index contributed by atoms with van der Waals surface area (Å²) in [7, 11) is 0. The summed E-state index contributed by atoms with van der Waals surface area (Å²) in [6.07, 6.45) is 5.32. The van der Waals surface area contributed by atoms with Crippen molar-refractivity contribution in [1.29, 1.82) is 0 Å². The molecule has 8 heteroatoms. The van der Waals surface area contributed by atoms with Crippen LogP contribution >= 0.6 is 0 Å². The molecule has 0 saturated carbocycles. The topological polar surface area (TPSA) is 71.0 Å². The Morgan fingerprint density at radius 3 is 2.66 bits per heavy atom. The summed E-state index contributed by atoms with van der Waals surface area (Å²) in [4.78, 5) is 16.7. The maximum absolute atomic E-state index is 14.1. The van der Waals surface area contributed by atoms with E-state index in [2.05, 4.69) is 55.6 Å². The number of nitrogens with zero attached hydrogens (tertiary/aromatic N) is 2. The highest BCUT2D eigenvalue weighted by Crippen LogP contribution is 2.25. The van der Waals surface area contributed by atoms with Crippen LogP contribution in [0.2, 0.25) is 0 Å². The lowest BCUT2D eigenvalue weighted by Gasteiger charge is -2.29. The van der Waals surface area contributed by atoms with Crippen LogP contribution in [0.25, 0.3) is 0 Å². The van der Waals surface area contributed by atoms with Crippen molar-refractivity contribution in [2.75, 3.05) is 25.0 Å². The van der Waals surface area contributed by atoms with E-state index >= 15 is 0 Å². The van der Waals surface area contributed by atoms with Crippen molar-refractivity contribution in [2.24, 2.45) is 5.41 Å². The third kappa shape index (κ3) is 6.59. The summed E-state index contributed by atoms with van der Waals surface area (Å²) in [5, 5.41) is 9.49. The molecule has 1 atom stereocenters. The SMILES string of the molecule is CC(C)(C)CNCC(C)(C)n1cnc(NC(=O)CN[C@@H]2CCc3cc(F)cc(F)c3C2)c1. The molecular weight excluding hydrogens is 412 g/mol. The number of anilines is 1. The predicted molar refractivity (Wildman–Crippen MR) is 123 cm³/mol. The van der Waals surface area contributed by atoms with Gasteiger partial charge < -0.3 is 20.5 Å². The molecule has 0 fully saturated rings. The molecule has 2 aromatic rings. The average molecular weight is 448 g/mol. The van der Waals surface area contributed by atoms with E-state index in [0.29, 0.717) is 24.2 Å². The molecule has 1 aliphatic rings. The number of imidazole rings is 1. The van der Waals surface area contributed by atoms with Crippen LogP contribution in [0.4, 0.5) is 14.6 Å². The number of hydrogen-bond donors (Lipinski definition) is 3. The van der Waals surface area contributed by atoms with Crippen LogP contribution in [0.15, 0.2) is 24.7 Å². The minimum Gasteiger partial charge on any atom is -0.328 e. The van der Waals surface area contributed by atoms with Crippen molar-refractivity contribution in [3.63, 3.8) is 0 Å². The van der Waals surface area contributed by atoms with Gasteiger partial charge in [-0.2, -0.15) is 0 Å². The van der Waals surface area contributed by atoms with E-state index in [1.165, 1.54) is 6.07 Å². The highest BCUT2D eigenvalue weighted by atomic mass is 19.1. The largest absolute Gasteiger partial charge is 0.328 e. The number of aryl methyl sites for hydroxylation is 1. The van der Waals surface area contributed by atoms with Gasteiger partial charge in [-0.05, 0) is 55.7 Å². The molecule has 3 rings (SSSR count). The van der Waals surface area contributed by atoms with Crippen molar-refractivity contribution in [1.82, 2.24) is 20.2 Å². The Labute approximate surface area is 189 Å². The Morgan fingerprint density at radius 2 is 1.94 bits per heavy atom. The van der Waals surface area contributed by atoms with Crippen molar-refractivity contribution < 1.29 is 13.6 Å². The van der Waals surface area contributed by atoms with Gasteiger partial charge in [0, 0.05) is 31.4 Å². The Morgan fingerprint density at radius 1 is 1.19 bits per heavy atom. The minimum absolute atomic E-state index is 0.0291. The highest BCUT2D eigenvalue weighted by Gasteiger charge is 2.24. The van der Waals surface area contributed by atoms with E-state index in [1.807, 2.05) is 10.8 Å². The van der Waals surface area contributed by atoms with Gasteiger partial charge in [-0.3, -0.25) is 4.79 Å². The maximum atomic E-state index is 14.1. The lowest BCUT2D eigenvalue weighted by atomic mass is 9.88. The molecule has 0 spiro atoms. The number of halogens is 2. The third-order valence-corrected chi connectivity index (χ3v) is 5.78. The normalized spacial score (nSPS) is 16.7. The molecule has 1 amide bonds. The van der Waals surface area contributed by atoms with Gasteiger partial charge in [-0.15, -0.1) is 0 Å². The number of aromatic nitrogens is 2. The average Bonchev–Trinajstić information content (AvgIpc) is 3.14. The molecule has 0 bridgehead atoms. The standard InChI is InChI=1S/C24H35F2N5O/c1-23(2,3)13-27-14-24(4,5)31-12-21(29-15-31)30-22(32)11-28-18-7-6-16-8-17(25)9-20(26)19(16)10-18/h8-9,12,15,18,27-28H,6-7,10-11,13-14H2,1-5H3,(H,30,32)/t18-/m1/s1. The van der Waals surface area contributed by atoms with E-state index in [1.54, 1.807) is 6.33 Å². The molecule has 6 nitrogen and oxygen atoms in total. The molecular formula is C24H35F2N5O. The van der Waals surface area contributed by atoms with Crippen molar-refractivity contribution >= 4 is 11.7 Å². The van der Waals surface area contributed by atoms with E-state index in [0.717, 1.165) is 31.1 Å². The zero-order valence-corrected chi connectivity index (χ0v) is 19.7. The van der Waals surface area contributed by atoms with Gasteiger partial charge in [0.1, 0.15) is 11.6 Å². The number of nitrogens with one attached hydrogen (secondary N) is 3. The molecule has 1 heterocycles. The molecule has 176 valence electrons. The van der Waals surface area contributed by atoms with E-state index < -0.39 is 11.6 Å². The molecule has 1 aromatic heterocycles. The van der Waals surface area contributed by atoms with Gasteiger partial charge in [0.25, 0.3) is 0 Å². The van der Waals surface area contributed by atoms with Crippen LogP contribution in [0.1, 0.15) is 52.2 Å². The number of rotatable bonds is 8. The fourth-order valence-corrected chi connectivity index (χ4v) is 3.94. The second-order valence-electron chi connectivity index (χ2n) is 10.5. The second kappa shape index (κ2) is 9.67. The number of benzene rings is 1. The summed E-state index contributed by atoms with van der Waals surface area (Å²) in [5.41, 5.74) is 1.27. The predicted octanol–water partition coefficient (Wildman–Crippen LogP) is 3.62. The molecule has 1 aromatic carbocycles. The van der Waals surface area contributed by atoms with Gasteiger partial charge in [-0.25, -0.2) is 13.8 Å². The van der Waals surface area contributed by atoms with E-state index in [-0.39, 0.29) is 29.4 Å². The van der Waals surface area contributed by atoms with Gasteiger partial charge in [0.05, 0.1) is 18.4 Å². The zero-order chi connectivity index (χ0) is 23.5. The number of amides is 1. The van der Waals surface area contributed by atoms with Crippen LogP contribution in [-0.4, -0.2) is 41.1 Å². The van der Waals surface area contributed by atoms with E-state index in [4.69, 9.17) is 0 Å². The smallest absolute Gasteiger partial charge is 0.239 e. The number of carbonyl (C=O) groups excluding carboxylic acids is 1. The monoisotopic (exact) mass is 447 g/mol. The summed E-state index contributed by atoms with van der Waals surface area (Å²) < 4.78 is 29.4. The molecule has 0 unspecified atom stereocenters.